The van der Waals surface area contributed by atoms with Crippen LogP contribution in [0.4, 0.5) is 0 Å². The summed E-state index contributed by atoms with van der Waals surface area (Å²) in [7, 11) is 0. The second kappa shape index (κ2) is 9.25. The average molecular weight is 422 g/mol. The van der Waals surface area contributed by atoms with Gasteiger partial charge in [-0.25, -0.2) is 9.78 Å². The topological polar surface area (TPSA) is 99.9 Å². The molecule has 1 aliphatic heterocycles. The SMILES string of the molecule is O=C(O)c1csc([C@H]2CC[C@@H]3C(/C=C/C(O)CCC4CCCC4)[C@H](O)C[C@@H]3O2)n1. The molecule has 3 aliphatic rings. The van der Waals surface area contributed by atoms with Crippen molar-refractivity contribution in [2.24, 2.45) is 17.8 Å². The van der Waals surface area contributed by atoms with Crippen LogP contribution in [-0.2, 0) is 4.74 Å². The lowest BCUT2D eigenvalue weighted by Gasteiger charge is -2.33. The molecule has 29 heavy (non-hydrogen) atoms. The zero-order valence-electron chi connectivity index (χ0n) is 16.7. The number of fused-ring (bicyclic) bond motifs is 1. The van der Waals surface area contributed by atoms with Crippen LogP contribution in [0.3, 0.4) is 0 Å². The zero-order chi connectivity index (χ0) is 20.4. The maximum Gasteiger partial charge on any atom is 0.355 e. The number of hydrogen-bond donors (Lipinski definition) is 3. The van der Waals surface area contributed by atoms with Gasteiger partial charge in [-0.3, -0.25) is 0 Å². The predicted molar refractivity (Wildman–Crippen MR) is 110 cm³/mol. The molecule has 2 heterocycles. The van der Waals surface area contributed by atoms with Gasteiger partial charge in [0.25, 0.3) is 0 Å². The molecule has 0 aromatic carbocycles. The summed E-state index contributed by atoms with van der Waals surface area (Å²) >= 11 is 1.32. The van der Waals surface area contributed by atoms with Gasteiger partial charge in [0.05, 0.1) is 18.3 Å². The van der Waals surface area contributed by atoms with Crippen molar-refractivity contribution in [3.8, 4) is 0 Å². The van der Waals surface area contributed by atoms with Crippen LogP contribution >= 0.6 is 11.3 Å². The summed E-state index contributed by atoms with van der Waals surface area (Å²) in [6.45, 7) is 0. The van der Waals surface area contributed by atoms with Crippen molar-refractivity contribution < 1.29 is 24.9 Å². The highest BCUT2D eigenvalue weighted by Gasteiger charge is 2.46. The molecule has 6 atom stereocenters. The lowest BCUT2D eigenvalue weighted by Crippen LogP contribution is -2.30. The maximum absolute atomic E-state index is 11.1. The van der Waals surface area contributed by atoms with Crippen molar-refractivity contribution in [1.29, 1.82) is 0 Å². The van der Waals surface area contributed by atoms with Gasteiger partial charge in [0.15, 0.2) is 5.69 Å². The number of carboxylic acids is 1. The number of aliphatic hydroxyl groups is 2. The fourth-order valence-electron chi connectivity index (χ4n) is 5.31. The van der Waals surface area contributed by atoms with Crippen molar-refractivity contribution in [3.63, 3.8) is 0 Å². The van der Waals surface area contributed by atoms with E-state index in [0.29, 0.717) is 11.4 Å². The Labute approximate surface area is 175 Å². The molecule has 2 aliphatic carbocycles. The van der Waals surface area contributed by atoms with E-state index < -0.39 is 18.2 Å². The molecule has 160 valence electrons. The molecule has 3 fully saturated rings. The van der Waals surface area contributed by atoms with Crippen LogP contribution in [-0.4, -0.2) is 44.6 Å². The molecule has 1 aromatic rings. The summed E-state index contributed by atoms with van der Waals surface area (Å²) < 4.78 is 6.21. The first-order chi connectivity index (χ1) is 14.0. The number of carbonyl (C=O) groups is 1. The number of hydrogen-bond acceptors (Lipinski definition) is 6. The summed E-state index contributed by atoms with van der Waals surface area (Å²) in [6, 6.07) is 0. The molecule has 0 amide bonds. The Kier molecular flexibility index (Phi) is 6.69. The minimum absolute atomic E-state index is 0.00737. The van der Waals surface area contributed by atoms with Crippen molar-refractivity contribution in [3.05, 3.63) is 28.2 Å². The smallest absolute Gasteiger partial charge is 0.355 e. The number of nitrogens with zero attached hydrogens (tertiary/aromatic N) is 1. The molecule has 1 aromatic heterocycles. The average Bonchev–Trinajstić information content (AvgIpc) is 3.43. The first-order valence-electron chi connectivity index (χ1n) is 10.9. The molecule has 0 bridgehead atoms. The van der Waals surface area contributed by atoms with E-state index in [4.69, 9.17) is 9.84 Å². The number of aliphatic hydroxyl groups excluding tert-OH is 2. The molecule has 2 unspecified atom stereocenters. The Hall–Kier alpha value is -1.28. The second-order valence-electron chi connectivity index (χ2n) is 8.84. The molecule has 0 radical (unpaired) electrons. The number of aromatic carboxylic acids is 1. The molecule has 6 nitrogen and oxygen atoms in total. The van der Waals surface area contributed by atoms with Crippen molar-refractivity contribution in [2.45, 2.75) is 82.2 Å². The number of rotatable bonds is 7. The minimum atomic E-state index is -1.02. The quantitative estimate of drug-likeness (QED) is 0.577. The van der Waals surface area contributed by atoms with E-state index in [2.05, 4.69) is 4.98 Å². The Morgan fingerprint density at radius 2 is 2.10 bits per heavy atom. The Balaban J connectivity index is 1.31. The monoisotopic (exact) mass is 421 g/mol. The highest BCUT2D eigenvalue weighted by molar-refractivity contribution is 7.09. The van der Waals surface area contributed by atoms with Crippen LogP contribution < -0.4 is 0 Å². The van der Waals surface area contributed by atoms with Gasteiger partial charge in [-0.1, -0.05) is 37.8 Å². The third kappa shape index (κ3) is 4.90. The van der Waals surface area contributed by atoms with Gasteiger partial charge in [-0.05, 0) is 37.5 Å². The van der Waals surface area contributed by atoms with Crippen LogP contribution in [0.2, 0.25) is 0 Å². The van der Waals surface area contributed by atoms with Crippen molar-refractivity contribution in [1.82, 2.24) is 4.98 Å². The fraction of sp³-hybridized carbons (Fsp3) is 0.727. The van der Waals surface area contributed by atoms with E-state index in [1.807, 2.05) is 12.2 Å². The molecular formula is C22H31NO5S. The largest absolute Gasteiger partial charge is 0.476 e. The standard InChI is InChI=1S/C22H31NO5S/c24-14(6-5-13-3-1-2-4-13)7-8-15-16-9-10-19(28-20(16)11-18(15)25)21-23-17(12-29-21)22(26)27/h7-8,12-16,18-20,24-25H,1-6,9-11H2,(H,26,27)/b8-7+/t14?,15?,16-,18-,19-,20+/m1/s1. The summed E-state index contributed by atoms with van der Waals surface area (Å²) in [6.07, 6.45) is 12.1. The normalized spacial score (nSPS) is 33.9. The van der Waals surface area contributed by atoms with Crippen molar-refractivity contribution in [2.75, 3.05) is 0 Å². The molecular weight excluding hydrogens is 390 g/mol. The molecule has 1 saturated heterocycles. The summed E-state index contributed by atoms with van der Waals surface area (Å²) in [5.74, 6) is -0.00348. The van der Waals surface area contributed by atoms with E-state index in [9.17, 15) is 15.0 Å². The molecule has 2 saturated carbocycles. The van der Waals surface area contributed by atoms with E-state index in [1.54, 1.807) is 5.38 Å². The highest BCUT2D eigenvalue weighted by Crippen LogP contribution is 2.46. The molecule has 4 rings (SSSR count). The zero-order valence-corrected chi connectivity index (χ0v) is 17.5. The van der Waals surface area contributed by atoms with Crippen LogP contribution in [0, 0.1) is 17.8 Å². The summed E-state index contributed by atoms with van der Waals surface area (Å²) in [4.78, 5) is 15.2. The van der Waals surface area contributed by atoms with Gasteiger partial charge >= 0.3 is 5.97 Å². The number of carboxylic acid groups (broad SMARTS) is 1. The summed E-state index contributed by atoms with van der Waals surface area (Å²) in [5.41, 5.74) is 0.0644. The maximum atomic E-state index is 11.1. The molecule has 3 N–H and O–H groups in total. The van der Waals surface area contributed by atoms with E-state index >= 15 is 0 Å². The van der Waals surface area contributed by atoms with Gasteiger partial charge in [-0.2, -0.15) is 0 Å². The van der Waals surface area contributed by atoms with Crippen LogP contribution in [0.5, 0.6) is 0 Å². The first-order valence-corrected chi connectivity index (χ1v) is 11.8. The number of thiazole rings is 1. The van der Waals surface area contributed by atoms with Crippen LogP contribution in [0.1, 0.15) is 79.4 Å². The lowest BCUT2D eigenvalue weighted by molar-refractivity contribution is -0.0767. The van der Waals surface area contributed by atoms with E-state index in [1.165, 1.54) is 37.0 Å². The third-order valence-electron chi connectivity index (χ3n) is 6.91. The van der Waals surface area contributed by atoms with Crippen molar-refractivity contribution >= 4 is 17.3 Å². The number of aromatic nitrogens is 1. The predicted octanol–water partition coefficient (Wildman–Crippen LogP) is 3.95. The Morgan fingerprint density at radius 1 is 1.31 bits per heavy atom. The van der Waals surface area contributed by atoms with Crippen LogP contribution in [0.15, 0.2) is 17.5 Å². The van der Waals surface area contributed by atoms with E-state index in [0.717, 1.165) is 31.6 Å². The van der Waals surface area contributed by atoms with Gasteiger partial charge in [-0.15, -0.1) is 11.3 Å². The summed E-state index contributed by atoms with van der Waals surface area (Å²) in [5, 5.41) is 32.2. The van der Waals surface area contributed by atoms with Gasteiger partial charge in [0.2, 0.25) is 0 Å². The lowest BCUT2D eigenvalue weighted by atomic mass is 9.86. The molecule has 7 heteroatoms. The highest BCUT2D eigenvalue weighted by atomic mass is 32.1. The second-order valence-corrected chi connectivity index (χ2v) is 9.73. The third-order valence-corrected chi connectivity index (χ3v) is 7.85. The fourth-order valence-corrected chi connectivity index (χ4v) is 6.17. The van der Waals surface area contributed by atoms with Gasteiger partial charge in [0, 0.05) is 17.7 Å². The van der Waals surface area contributed by atoms with Gasteiger partial charge < -0.3 is 20.1 Å². The minimum Gasteiger partial charge on any atom is -0.476 e. The Bertz CT molecular complexity index is 729. The van der Waals surface area contributed by atoms with E-state index in [-0.39, 0.29) is 29.7 Å². The molecule has 0 spiro atoms. The Morgan fingerprint density at radius 3 is 2.83 bits per heavy atom. The van der Waals surface area contributed by atoms with Gasteiger partial charge in [0.1, 0.15) is 11.1 Å². The first kappa shape index (κ1) is 21.0. The number of ether oxygens (including phenoxy) is 1. The van der Waals surface area contributed by atoms with Crippen LogP contribution in [0.25, 0.3) is 0 Å².